The molecule has 0 radical (unpaired) electrons. The molecule has 0 atom stereocenters. The molecule has 4 aromatic rings. The van der Waals surface area contributed by atoms with Crippen molar-refractivity contribution in [3.8, 4) is 17.2 Å². The van der Waals surface area contributed by atoms with Crippen molar-refractivity contribution in [1.82, 2.24) is 4.90 Å². The van der Waals surface area contributed by atoms with E-state index in [0.717, 1.165) is 16.0 Å². The number of carbonyl (C=O) groups is 3. The van der Waals surface area contributed by atoms with Gasteiger partial charge in [-0.05, 0) is 61.7 Å². The fourth-order valence-corrected chi connectivity index (χ4v) is 4.17. The average molecular weight is 498 g/mol. The van der Waals surface area contributed by atoms with Crippen LogP contribution in [0.4, 0.5) is 0 Å². The molecule has 8 heteroatoms. The number of ether oxygens (including phenoxy) is 2. The lowest BCUT2D eigenvalue weighted by molar-refractivity contribution is -0.134. The van der Waals surface area contributed by atoms with Crippen LogP contribution in [-0.4, -0.2) is 29.2 Å². The second-order valence-corrected chi connectivity index (χ2v) is 8.84. The van der Waals surface area contributed by atoms with Crippen LogP contribution in [0.5, 0.6) is 17.2 Å². The van der Waals surface area contributed by atoms with Crippen LogP contribution in [0, 0.1) is 13.8 Å². The lowest BCUT2D eigenvalue weighted by Crippen LogP contribution is -2.31. The van der Waals surface area contributed by atoms with Crippen LogP contribution in [0.15, 0.2) is 76.1 Å². The van der Waals surface area contributed by atoms with Crippen molar-refractivity contribution in [2.24, 2.45) is 0 Å². The molecular formula is C29H23NO7. The minimum absolute atomic E-state index is 0.00197. The summed E-state index contributed by atoms with van der Waals surface area (Å²) in [7, 11) is 0. The number of rotatable bonds is 7. The molecule has 1 aromatic heterocycles. The summed E-state index contributed by atoms with van der Waals surface area (Å²) in [6.45, 7) is 3.93. The highest BCUT2D eigenvalue weighted by molar-refractivity contribution is 6.21. The standard InChI is InChI=1S/C29H23NO7/c1-17-9-10-18(2)23(14-17)37-25-16-35-24-15-19(11-12-22(24)27(25)32)36-26(31)8-5-13-30-28(33)20-6-3-4-7-21(20)29(30)34/h3-4,6-7,9-12,14-16H,5,8,13H2,1-2H3. The molecule has 37 heavy (non-hydrogen) atoms. The highest BCUT2D eigenvalue weighted by atomic mass is 16.5. The van der Waals surface area contributed by atoms with Crippen LogP contribution in [0.1, 0.15) is 44.7 Å². The number of hydrogen-bond donors (Lipinski definition) is 0. The van der Waals surface area contributed by atoms with Gasteiger partial charge in [-0.1, -0.05) is 24.3 Å². The van der Waals surface area contributed by atoms with Gasteiger partial charge in [-0.3, -0.25) is 24.1 Å². The van der Waals surface area contributed by atoms with Crippen LogP contribution >= 0.6 is 0 Å². The van der Waals surface area contributed by atoms with Gasteiger partial charge >= 0.3 is 5.97 Å². The predicted octanol–water partition coefficient (Wildman–Crippen LogP) is 5.18. The van der Waals surface area contributed by atoms with Gasteiger partial charge in [0.15, 0.2) is 0 Å². The Balaban J connectivity index is 1.22. The molecular weight excluding hydrogens is 474 g/mol. The van der Waals surface area contributed by atoms with E-state index in [-0.39, 0.29) is 59.1 Å². The van der Waals surface area contributed by atoms with E-state index in [9.17, 15) is 19.2 Å². The number of hydrogen-bond acceptors (Lipinski definition) is 7. The first-order chi connectivity index (χ1) is 17.8. The van der Waals surface area contributed by atoms with Gasteiger partial charge in [0.25, 0.3) is 11.8 Å². The Hall–Kier alpha value is -4.72. The summed E-state index contributed by atoms with van der Waals surface area (Å²) in [5.41, 5.74) is 2.53. The van der Waals surface area contributed by atoms with E-state index >= 15 is 0 Å². The highest BCUT2D eigenvalue weighted by Gasteiger charge is 2.34. The quantitative estimate of drug-likeness (QED) is 0.197. The topological polar surface area (TPSA) is 103 Å². The molecule has 1 aliphatic rings. The number of amides is 2. The maximum Gasteiger partial charge on any atom is 0.311 e. The number of nitrogens with zero attached hydrogens (tertiary/aromatic N) is 1. The van der Waals surface area contributed by atoms with Crippen molar-refractivity contribution in [3.05, 3.63) is 99.4 Å². The predicted molar refractivity (Wildman–Crippen MR) is 135 cm³/mol. The van der Waals surface area contributed by atoms with Crippen molar-refractivity contribution < 1.29 is 28.3 Å². The van der Waals surface area contributed by atoms with Gasteiger partial charge in [-0.2, -0.15) is 0 Å². The van der Waals surface area contributed by atoms with Crippen molar-refractivity contribution in [2.45, 2.75) is 26.7 Å². The Morgan fingerprint density at radius 2 is 1.62 bits per heavy atom. The summed E-state index contributed by atoms with van der Waals surface area (Å²) in [6, 6.07) is 16.8. The van der Waals surface area contributed by atoms with E-state index in [4.69, 9.17) is 13.9 Å². The average Bonchev–Trinajstić information content (AvgIpc) is 3.13. The third kappa shape index (κ3) is 4.73. The minimum Gasteiger partial charge on any atom is -0.460 e. The van der Waals surface area contributed by atoms with Crippen molar-refractivity contribution in [3.63, 3.8) is 0 Å². The van der Waals surface area contributed by atoms with Gasteiger partial charge in [0.1, 0.15) is 23.3 Å². The fraction of sp³-hybridized carbons (Fsp3) is 0.172. The zero-order valence-corrected chi connectivity index (χ0v) is 20.3. The molecule has 0 unspecified atom stereocenters. The zero-order valence-electron chi connectivity index (χ0n) is 20.3. The Kier molecular flexibility index (Phi) is 6.31. The molecule has 5 rings (SSSR count). The Bertz CT molecular complexity index is 1580. The Morgan fingerprint density at radius 3 is 2.35 bits per heavy atom. The van der Waals surface area contributed by atoms with Crippen LogP contribution in [0.2, 0.25) is 0 Å². The fourth-order valence-electron chi connectivity index (χ4n) is 4.17. The normalized spacial score (nSPS) is 12.6. The first kappa shape index (κ1) is 24.0. The number of aryl methyl sites for hydroxylation is 2. The lowest BCUT2D eigenvalue weighted by atomic mass is 10.1. The van der Waals surface area contributed by atoms with Gasteiger partial charge in [-0.15, -0.1) is 0 Å². The smallest absolute Gasteiger partial charge is 0.311 e. The Morgan fingerprint density at radius 1 is 0.892 bits per heavy atom. The molecule has 0 saturated carbocycles. The number of benzene rings is 3. The molecule has 0 bridgehead atoms. The molecule has 0 aliphatic carbocycles. The third-order valence-corrected chi connectivity index (χ3v) is 6.15. The van der Waals surface area contributed by atoms with E-state index in [0.29, 0.717) is 16.9 Å². The second-order valence-electron chi connectivity index (χ2n) is 8.84. The van der Waals surface area contributed by atoms with Gasteiger partial charge in [0, 0.05) is 19.0 Å². The maximum atomic E-state index is 12.9. The number of fused-ring (bicyclic) bond motifs is 2. The lowest BCUT2D eigenvalue weighted by Gasteiger charge is -2.13. The highest BCUT2D eigenvalue weighted by Crippen LogP contribution is 2.27. The molecule has 8 nitrogen and oxygen atoms in total. The second kappa shape index (κ2) is 9.73. The molecule has 186 valence electrons. The summed E-state index contributed by atoms with van der Waals surface area (Å²) in [6.07, 6.45) is 1.49. The van der Waals surface area contributed by atoms with Gasteiger partial charge in [0.05, 0.1) is 16.5 Å². The molecule has 2 heterocycles. The number of imide groups is 1. The van der Waals surface area contributed by atoms with E-state index in [1.165, 1.54) is 24.5 Å². The summed E-state index contributed by atoms with van der Waals surface area (Å²) in [5.74, 6) is -0.422. The SMILES string of the molecule is Cc1ccc(C)c(Oc2coc3cc(OC(=O)CCCN4C(=O)c5ccccc5C4=O)ccc3c2=O)c1. The van der Waals surface area contributed by atoms with E-state index in [1.807, 2.05) is 32.0 Å². The molecule has 2 amide bonds. The van der Waals surface area contributed by atoms with Crippen LogP contribution < -0.4 is 14.9 Å². The summed E-state index contributed by atoms with van der Waals surface area (Å²) < 4.78 is 16.8. The van der Waals surface area contributed by atoms with E-state index in [1.54, 1.807) is 24.3 Å². The molecule has 0 saturated heterocycles. The number of esters is 1. The third-order valence-electron chi connectivity index (χ3n) is 6.15. The van der Waals surface area contributed by atoms with Crippen molar-refractivity contribution in [1.29, 1.82) is 0 Å². The first-order valence-corrected chi connectivity index (χ1v) is 11.8. The van der Waals surface area contributed by atoms with Crippen LogP contribution in [0.25, 0.3) is 11.0 Å². The molecule has 0 fully saturated rings. The van der Waals surface area contributed by atoms with Crippen molar-refractivity contribution in [2.75, 3.05) is 6.54 Å². The summed E-state index contributed by atoms with van der Waals surface area (Å²) in [5, 5.41) is 0.285. The summed E-state index contributed by atoms with van der Waals surface area (Å²) >= 11 is 0. The largest absolute Gasteiger partial charge is 0.460 e. The molecule has 1 aliphatic heterocycles. The van der Waals surface area contributed by atoms with Crippen molar-refractivity contribution >= 4 is 28.8 Å². The van der Waals surface area contributed by atoms with Gasteiger partial charge in [0.2, 0.25) is 11.2 Å². The van der Waals surface area contributed by atoms with Gasteiger partial charge in [-0.25, -0.2) is 0 Å². The maximum absolute atomic E-state index is 12.9. The molecule has 0 spiro atoms. The number of carbonyl (C=O) groups excluding carboxylic acids is 3. The van der Waals surface area contributed by atoms with E-state index in [2.05, 4.69) is 0 Å². The molecule has 3 aromatic carbocycles. The van der Waals surface area contributed by atoms with Crippen LogP contribution in [0.3, 0.4) is 0 Å². The molecule has 0 N–H and O–H groups in total. The van der Waals surface area contributed by atoms with Crippen LogP contribution in [-0.2, 0) is 4.79 Å². The van der Waals surface area contributed by atoms with E-state index < -0.39 is 5.97 Å². The Labute approximate surface area is 212 Å². The first-order valence-electron chi connectivity index (χ1n) is 11.8. The summed E-state index contributed by atoms with van der Waals surface area (Å²) in [4.78, 5) is 51.3. The minimum atomic E-state index is -0.534. The van der Waals surface area contributed by atoms with Gasteiger partial charge < -0.3 is 13.9 Å². The monoisotopic (exact) mass is 497 g/mol. The zero-order chi connectivity index (χ0) is 26.1.